The Labute approximate surface area is 139 Å². The number of nitrogens with one attached hydrogen (secondary N) is 1. The van der Waals surface area contributed by atoms with Crippen molar-refractivity contribution in [3.8, 4) is 0 Å². The molecule has 0 bridgehead atoms. The Balaban J connectivity index is 2.26. The van der Waals surface area contributed by atoms with Gasteiger partial charge in [-0.1, -0.05) is 50.2 Å². The van der Waals surface area contributed by atoms with Crippen molar-refractivity contribution in [2.75, 3.05) is 0 Å². The van der Waals surface area contributed by atoms with Crippen LogP contribution in [-0.4, -0.2) is 5.91 Å². The lowest BCUT2D eigenvalue weighted by Crippen LogP contribution is -2.30. The van der Waals surface area contributed by atoms with E-state index < -0.39 is 0 Å². The molecule has 0 unspecified atom stereocenters. The highest BCUT2D eigenvalue weighted by atomic mass is 16.1. The van der Waals surface area contributed by atoms with Crippen LogP contribution in [0.25, 0.3) is 0 Å². The molecule has 0 fully saturated rings. The summed E-state index contributed by atoms with van der Waals surface area (Å²) >= 11 is 0. The second kappa shape index (κ2) is 7.45. The predicted octanol–water partition coefficient (Wildman–Crippen LogP) is 5.13. The fraction of sp³-hybridized carbons (Fsp3) is 0.381. The summed E-state index contributed by atoms with van der Waals surface area (Å²) in [6.45, 7) is 10.5. The van der Waals surface area contributed by atoms with Crippen molar-refractivity contribution in [2.24, 2.45) is 5.92 Å². The van der Waals surface area contributed by atoms with Gasteiger partial charge in [-0.25, -0.2) is 0 Å². The normalized spacial score (nSPS) is 12.3. The molecule has 0 aliphatic heterocycles. The van der Waals surface area contributed by atoms with E-state index in [9.17, 15) is 4.79 Å². The average Bonchev–Trinajstić information content (AvgIpc) is 2.50. The molecule has 1 atom stereocenters. The van der Waals surface area contributed by atoms with E-state index in [2.05, 4.69) is 44.3 Å². The van der Waals surface area contributed by atoms with Crippen molar-refractivity contribution in [3.05, 3.63) is 70.3 Å². The molecule has 0 heterocycles. The smallest absolute Gasteiger partial charge is 0.252 e. The summed E-state index contributed by atoms with van der Waals surface area (Å²) in [5.41, 5.74) is 5.34. The third-order valence-corrected chi connectivity index (χ3v) is 4.30. The first kappa shape index (κ1) is 17.3. The van der Waals surface area contributed by atoms with E-state index in [1.54, 1.807) is 0 Å². The zero-order valence-corrected chi connectivity index (χ0v) is 14.8. The molecule has 1 amide bonds. The Bertz CT molecular complexity index is 674. The van der Waals surface area contributed by atoms with Crippen LogP contribution in [0.1, 0.15) is 58.9 Å². The quantitative estimate of drug-likeness (QED) is 0.815. The molecule has 2 aromatic rings. The molecule has 23 heavy (non-hydrogen) atoms. The number of benzene rings is 2. The Morgan fingerprint density at radius 2 is 1.57 bits per heavy atom. The van der Waals surface area contributed by atoms with Gasteiger partial charge in [0.1, 0.15) is 0 Å². The minimum atomic E-state index is 0.0140. The number of rotatable bonds is 5. The minimum absolute atomic E-state index is 0.0140. The fourth-order valence-corrected chi connectivity index (χ4v) is 2.88. The Morgan fingerprint density at radius 1 is 0.957 bits per heavy atom. The summed E-state index contributed by atoms with van der Waals surface area (Å²) in [5, 5.41) is 3.23. The van der Waals surface area contributed by atoms with Crippen molar-refractivity contribution in [3.63, 3.8) is 0 Å². The molecular formula is C21H27NO. The van der Waals surface area contributed by atoms with E-state index in [1.165, 1.54) is 5.56 Å². The van der Waals surface area contributed by atoms with Crippen LogP contribution < -0.4 is 5.32 Å². The van der Waals surface area contributed by atoms with E-state index in [0.29, 0.717) is 5.92 Å². The molecule has 2 heteroatoms. The van der Waals surface area contributed by atoms with Crippen molar-refractivity contribution in [1.82, 2.24) is 5.32 Å². The molecule has 0 spiro atoms. The number of amides is 1. The Kier molecular flexibility index (Phi) is 5.59. The summed E-state index contributed by atoms with van der Waals surface area (Å²) in [6, 6.07) is 14.4. The highest BCUT2D eigenvalue weighted by Gasteiger charge is 2.18. The molecular weight excluding hydrogens is 282 g/mol. The third-order valence-electron chi connectivity index (χ3n) is 4.30. The van der Waals surface area contributed by atoms with Crippen LogP contribution in [0, 0.1) is 26.7 Å². The molecule has 1 N–H and O–H groups in total. The van der Waals surface area contributed by atoms with Gasteiger partial charge in [0, 0.05) is 5.56 Å². The lowest BCUT2D eigenvalue weighted by Gasteiger charge is -2.22. The molecule has 0 radical (unpaired) electrons. The van der Waals surface area contributed by atoms with Crippen molar-refractivity contribution in [2.45, 2.75) is 47.1 Å². The molecule has 0 aromatic heterocycles. The van der Waals surface area contributed by atoms with Gasteiger partial charge < -0.3 is 5.32 Å². The maximum atomic E-state index is 12.8. The van der Waals surface area contributed by atoms with Crippen molar-refractivity contribution in [1.29, 1.82) is 0 Å². The molecule has 0 aliphatic carbocycles. The van der Waals surface area contributed by atoms with Crippen LogP contribution in [0.2, 0.25) is 0 Å². The van der Waals surface area contributed by atoms with Gasteiger partial charge in [0.25, 0.3) is 5.91 Å². The van der Waals surface area contributed by atoms with E-state index in [1.807, 2.05) is 38.1 Å². The maximum absolute atomic E-state index is 12.8. The summed E-state index contributed by atoms with van der Waals surface area (Å²) in [4.78, 5) is 12.8. The summed E-state index contributed by atoms with van der Waals surface area (Å²) < 4.78 is 0. The summed E-state index contributed by atoms with van der Waals surface area (Å²) in [5.74, 6) is 0.529. The number of hydrogen-bond acceptors (Lipinski definition) is 1. The van der Waals surface area contributed by atoms with Gasteiger partial charge in [0.15, 0.2) is 0 Å². The van der Waals surface area contributed by atoms with Crippen LogP contribution in [0.4, 0.5) is 0 Å². The van der Waals surface area contributed by atoms with Crippen LogP contribution >= 0.6 is 0 Å². The number of carbonyl (C=O) groups excluding carboxylic acids is 1. The SMILES string of the molecule is Cc1cc(C)c(C(=O)N[C@H](CC(C)C)c2ccccc2)cc1C. The van der Waals surface area contributed by atoms with Crippen molar-refractivity contribution < 1.29 is 4.79 Å². The monoisotopic (exact) mass is 309 g/mol. The lowest BCUT2D eigenvalue weighted by molar-refractivity contribution is 0.0931. The molecule has 0 saturated carbocycles. The van der Waals surface area contributed by atoms with Crippen LogP contribution in [0.15, 0.2) is 42.5 Å². The molecule has 2 rings (SSSR count). The summed E-state index contributed by atoms with van der Waals surface area (Å²) in [7, 11) is 0. The second-order valence-electron chi connectivity index (χ2n) is 6.82. The highest BCUT2D eigenvalue weighted by Crippen LogP contribution is 2.23. The largest absolute Gasteiger partial charge is 0.345 e. The maximum Gasteiger partial charge on any atom is 0.252 e. The van der Waals surface area contributed by atoms with Gasteiger partial charge in [-0.3, -0.25) is 4.79 Å². The van der Waals surface area contributed by atoms with Crippen LogP contribution in [0.5, 0.6) is 0 Å². The Hall–Kier alpha value is -2.09. The second-order valence-corrected chi connectivity index (χ2v) is 6.82. The first-order chi connectivity index (χ1) is 10.9. The minimum Gasteiger partial charge on any atom is -0.345 e. The summed E-state index contributed by atoms with van der Waals surface area (Å²) in [6.07, 6.45) is 0.930. The highest BCUT2D eigenvalue weighted by molar-refractivity contribution is 5.96. The van der Waals surface area contributed by atoms with E-state index >= 15 is 0 Å². The third kappa shape index (κ3) is 4.44. The van der Waals surface area contributed by atoms with Gasteiger partial charge in [0.2, 0.25) is 0 Å². The first-order valence-corrected chi connectivity index (χ1v) is 8.32. The Morgan fingerprint density at radius 3 is 2.17 bits per heavy atom. The van der Waals surface area contributed by atoms with Crippen LogP contribution in [0.3, 0.4) is 0 Å². The molecule has 122 valence electrons. The predicted molar refractivity (Wildman–Crippen MR) is 96.8 cm³/mol. The molecule has 2 aromatic carbocycles. The van der Waals surface area contributed by atoms with E-state index in [0.717, 1.165) is 28.7 Å². The standard InChI is InChI=1S/C21H27NO/c1-14(2)11-20(18-9-7-6-8-10-18)22-21(23)19-13-16(4)15(3)12-17(19)5/h6-10,12-14,20H,11H2,1-5H3,(H,22,23)/t20-/m1/s1. The molecule has 0 aliphatic rings. The zero-order chi connectivity index (χ0) is 17.0. The topological polar surface area (TPSA) is 29.1 Å². The van der Waals surface area contributed by atoms with Crippen LogP contribution in [-0.2, 0) is 0 Å². The zero-order valence-electron chi connectivity index (χ0n) is 14.8. The van der Waals surface area contributed by atoms with Gasteiger partial charge in [-0.15, -0.1) is 0 Å². The van der Waals surface area contributed by atoms with Gasteiger partial charge in [0.05, 0.1) is 6.04 Å². The average molecular weight is 309 g/mol. The van der Waals surface area contributed by atoms with Gasteiger partial charge in [-0.05, 0) is 61.4 Å². The van der Waals surface area contributed by atoms with E-state index in [-0.39, 0.29) is 11.9 Å². The number of aryl methyl sites for hydroxylation is 3. The first-order valence-electron chi connectivity index (χ1n) is 8.32. The fourth-order valence-electron chi connectivity index (χ4n) is 2.88. The van der Waals surface area contributed by atoms with Gasteiger partial charge in [-0.2, -0.15) is 0 Å². The molecule has 2 nitrogen and oxygen atoms in total. The van der Waals surface area contributed by atoms with Crippen molar-refractivity contribution >= 4 is 5.91 Å². The lowest BCUT2D eigenvalue weighted by atomic mass is 9.95. The van der Waals surface area contributed by atoms with E-state index in [4.69, 9.17) is 0 Å². The van der Waals surface area contributed by atoms with Gasteiger partial charge >= 0.3 is 0 Å². The number of carbonyl (C=O) groups is 1. The number of hydrogen-bond donors (Lipinski definition) is 1. The molecule has 0 saturated heterocycles.